The molecule has 1 atom stereocenters. The molecule has 1 saturated heterocycles. The van der Waals surface area contributed by atoms with E-state index in [1.54, 1.807) is 18.7 Å². The number of esters is 1. The van der Waals surface area contributed by atoms with Crippen molar-refractivity contribution in [3.05, 3.63) is 17.4 Å². The molecule has 2 heterocycles. The normalized spacial score (nSPS) is 18.4. The summed E-state index contributed by atoms with van der Waals surface area (Å²) in [5, 5.41) is 0.431. The van der Waals surface area contributed by atoms with Crippen molar-refractivity contribution >= 4 is 23.5 Å². The van der Waals surface area contributed by atoms with Crippen molar-refractivity contribution < 1.29 is 19.1 Å². The second kappa shape index (κ2) is 7.12. The average molecular weight is 342 g/mol. The molecule has 8 heteroatoms. The third-order valence-corrected chi connectivity index (χ3v) is 3.64. The quantitative estimate of drug-likeness (QED) is 0.777. The summed E-state index contributed by atoms with van der Waals surface area (Å²) in [6.45, 7) is 5.46. The van der Waals surface area contributed by atoms with E-state index in [9.17, 15) is 9.59 Å². The maximum absolute atomic E-state index is 12.5. The first-order valence-electron chi connectivity index (χ1n) is 7.41. The van der Waals surface area contributed by atoms with E-state index < -0.39 is 11.6 Å². The Balaban J connectivity index is 1.98. The zero-order valence-corrected chi connectivity index (χ0v) is 14.2. The lowest BCUT2D eigenvalue weighted by atomic mass is 10.0. The topological polar surface area (TPSA) is 81.6 Å². The Morgan fingerprint density at radius 2 is 2.00 bits per heavy atom. The van der Waals surface area contributed by atoms with Crippen LogP contribution in [0.3, 0.4) is 0 Å². The molecule has 1 aliphatic rings. The van der Waals surface area contributed by atoms with Gasteiger partial charge in [0.25, 0.3) is 5.91 Å². The average Bonchev–Trinajstić information content (AvgIpc) is 2.48. The van der Waals surface area contributed by atoms with Gasteiger partial charge in [0.15, 0.2) is 5.60 Å². The smallest absolute Gasteiger partial charge is 0.316 e. The van der Waals surface area contributed by atoms with E-state index in [0.29, 0.717) is 18.1 Å². The molecular formula is C15H20ClN3O4. The van der Waals surface area contributed by atoms with Gasteiger partial charge in [0, 0.05) is 13.5 Å². The maximum atomic E-state index is 12.5. The first-order chi connectivity index (χ1) is 10.8. The van der Waals surface area contributed by atoms with Crippen molar-refractivity contribution in [3.8, 4) is 6.01 Å². The van der Waals surface area contributed by atoms with Gasteiger partial charge in [-0.3, -0.25) is 9.59 Å². The highest BCUT2D eigenvalue weighted by Gasteiger charge is 2.37. The lowest BCUT2D eigenvalue weighted by Crippen LogP contribution is -2.53. The Morgan fingerprint density at radius 3 is 2.61 bits per heavy atom. The molecular weight excluding hydrogens is 322 g/mol. The van der Waals surface area contributed by atoms with Crippen LogP contribution in [0.1, 0.15) is 33.6 Å². The molecule has 1 aliphatic heterocycles. The Morgan fingerprint density at radius 1 is 1.35 bits per heavy atom. The van der Waals surface area contributed by atoms with Gasteiger partial charge in [0.2, 0.25) is 0 Å². The van der Waals surface area contributed by atoms with Crippen LogP contribution >= 0.6 is 11.6 Å². The maximum Gasteiger partial charge on any atom is 0.316 e. The number of hydrogen-bond acceptors (Lipinski definition) is 6. The summed E-state index contributed by atoms with van der Waals surface area (Å²) in [5.74, 6) is -0.722. The summed E-state index contributed by atoms with van der Waals surface area (Å²) < 4.78 is 10.8. The van der Waals surface area contributed by atoms with Crippen LogP contribution in [0.5, 0.6) is 6.01 Å². The van der Waals surface area contributed by atoms with Crippen LogP contribution < -0.4 is 4.74 Å². The number of ether oxygens (including phenoxy) is 2. The number of hydrogen-bond donors (Lipinski definition) is 0. The van der Waals surface area contributed by atoms with Gasteiger partial charge in [-0.1, -0.05) is 11.6 Å². The number of rotatable bonds is 4. The van der Waals surface area contributed by atoms with Crippen LogP contribution in [-0.2, 0) is 14.3 Å². The molecule has 0 N–H and O–H groups in total. The van der Waals surface area contributed by atoms with E-state index in [1.807, 2.05) is 0 Å². The lowest BCUT2D eigenvalue weighted by Gasteiger charge is -2.36. The molecule has 1 aromatic rings. The van der Waals surface area contributed by atoms with Crippen molar-refractivity contribution in [1.82, 2.24) is 14.9 Å². The molecule has 2 rings (SSSR count). The van der Waals surface area contributed by atoms with Crippen molar-refractivity contribution in [2.75, 3.05) is 13.1 Å². The number of carbonyl (C=O) groups is 2. The Bertz CT molecular complexity index is 577. The lowest BCUT2D eigenvalue weighted by molar-refractivity contribution is -0.169. The van der Waals surface area contributed by atoms with Crippen molar-refractivity contribution in [1.29, 1.82) is 0 Å². The summed E-state index contributed by atoms with van der Waals surface area (Å²) in [6.07, 6.45) is 4.30. The highest BCUT2D eigenvalue weighted by Crippen LogP contribution is 2.21. The van der Waals surface area contributed by atoms with Crippen molar-refractivity contribution in [2.45, 2.75) is 45.3 Å². The summed E-state index contributed by atoms with van der Waals surface area (Å²) in [7, 11) is 0. The molecule has 0 unspecified atom stereocenters. The molecule has 1 amide bonds. The molecule has 0 aliphatic carbocycles. The molecule has 1 fully saturated rings. The molecule has 0 aromatic carbocycles. The van der Waals surface area contributed by atoms with Crippen LogP contribution in [0.15, 0.2) is 12.4 Å². The SMILES string of the molecule is CC(=O)OC(C)(C)C(=O)N1CCC[C@@H](Oc2ncc(Cl)cn2)C1. The summed E-state index contributed by atoms with van der Waals surface area (Å²) in [6, 6.07) is 0.230. The standard InChI is InChI=1S/C15H20ClN3O4/c1-10(20)23-15(2,3)13(21)19-6-4-5-12(9-19)22-14-17-7-11(16)8-18-14/h7-8,12H,4-6,9H2,1-3H3/t12-/m1/s1. The molecule has 0 saturated carbocycles. The number of amides is 1. The van der Waals surface area contributed by atoms with Gasteiger partial charge in [0.05, 0.1) is 24.0 Å². The predicted molar refractivity (Wildman–Crippen MR) is 83.1 cm³/mol. The van der Waals surface area contributed by atoms with Gasteiger partial charge in [-0.15, -0.1) is 0 Å². The zero-order valence-electron chi connectivity index (χ0n) is 13.4. The van der Waals surface area contributed by atoms with E-state index >= 15 is 0 Å². The molecule has 1 aromatic heterocycles. The van der Waals surface area contributed by atoms with Crippen LogP contribution in [0.25, 0.3) is 0 Å². The van der Waals surface area contributed by atoms with Crippen molar-refractivity contribution in [3.63, 3.8) is 0 Å². The Hall–Kier alpha value is -1.89. The second-order valence-corrected chi connectivity index (χ2v) is 6.36. The Labute approximate surface area is 139 Å². The number of likely N-dealkylation sites (tertiary alicyclic amines) is 1. The minimum Gasteiger partial charge on any atom is -0.458 e. The monoisotopic (exact) mass is 341 g/mol. The van der Waals surface area contributed by atoms with Gasteiger partial charge in [0.1, 0.15) is 6.10 Å². The van der Waals surface area contributed by atoms with E-state index in [-0.39, 0.29) is 18.0 Å². The number of nitrogens with zero attached hydrogens (tertiary/aromatic N) is 3. The largest absolute Gasteiger partial charge is 0.458 e. The van der Waals surface area contributed by atoms with E-state index in [4.69, 9.17) is 21.1 Å². The fourth-order valence-corrected chi connectivity index (χ4v) is 2.61. The second-order valence-electron chi connectivity index (χ2n) is 5.92. The van der Waals surface area contributed by atoms with Crippen LogP contribution in [-0.4, -0.2) is 51.5 Å². The molecule has 0 bridgehead atoms. The fraction of sp³-hybridized carbons (Fsp3) is 0.600. The number of carbonyl (C=O) groups excluding carboxylic acids is 2. The molecule has 126 valence electrons. The number of aromatic nitrogens is 2. The highest BCUT2D eigenvalue weighted by molar-refractivity contribution is 6.30. The molecule has 0 radical (unpaired) electrons. The van der Waals surface area contributed by atoms with Gasteiger partial charge in [-0.05, 0) is 26.7 Å². The molecule has 0 spiro atoms. The summed E-state index contributed by atoms with van der Waals surface area (Å²) >= 11 is 5.74. The van der Waals surface area contributed by atoms with Gasteiger partial charge in [-0.25, -0.2) is 9.97 Å². The van der Waals surface area contributed by atoms with Gasteiger partial charge in [-0.2, -0.15) is 0 Å². The van der Waals surface area contributed by atoms with Gasteiger partial charge < -0.3 is 14.4 Å². The molecule has 7 nitrogen and oxygen atoms in total. The third-order valence-electron chi connectivity index (χ3n) is 3.45. The van der Waals surface area contributed by atoms with Crippen LogP contribution in [0.4, 0.5) is 0 Å². The van der Waals surface area contributed by atoms with Crippen LogP contribution in [0.2, 0.25) is 5.02 Å². The summed E-state index contributed by atoms with van der Waals surface area (Å²) in [5.41, 5.74) is -1.19. The Kier molecular flexibility index (Phi) is 5.41. The zero-order chi connectivity index (χ0) is 17.0. The predicted octanol–water partition coefficient (Wildman–Crippen LogP) is 1.84. The van der Waals surface area contributed by atoms with Gasteiger partial charge >= 0.3 is 12.0 Å². The number of halogens is 1. The first kappa shape index (κ1) is 17.5. The summed E-state index contributed by atoms with van der Waals surface area (Å²) in [4.78, 5) is 33.3. The highest BCUT2D eigenvalue weighted by atomic mass is 35.5. The first-order valence-corrected chi connectivity index (χ1v) is 7.79. The number of piperidine rings is 1. The minimum atomic E-state index is -1.19. The van der Waals surface area contributed by atoms with Crippen LogP contribution in [0, 0.1) is 0 Å². The molecule has 23 heavy (non-hydrogen) atoms. The third kappa shape index (κ3) is 4.79. The minimum absolute atomic E-state index is 0.206. The fourth-order valence-electron chi connectivity index (χ4n) is 2.51. The van der Waals surface area contributed by atoms with Crippen molar-refractivity contribution in [2.24, 2.45) is 0 Å². The van der Waals surface area contributed by atoms with E-state index in [1.165, 1.54) is 19.3 Å². The van der Waals surface area contributed by atoms with E-state index in [0.717, 1.165) is 12.8 Å². The van der Waals surface area contributed by atoms with E-state index in [2.05, 4.69) is 9.97 Å².